The number of carbonyl (C=O) groups excluding carboxylic acids is 1. The van der Waals surface area contributed by atoms with Gasteiger partial charge in [-0.1, -0.05) is 18.2 Å². The highest BCUT2D eigenvalue weighted by Crippen LogP contribution is 2.20. The Bertz CT molecular complexity index is 1030. The molecule has 9 heteroatoms. The summed E-state index contributed by atoms with van der Waals surface area (Å²) >= 11 is 0. The summed E-state index contributed by atoms with van der Waals surface area (Å²) in [7, 11) is -3.84. The van der Waals surface area contributed by atoms with E-state index in [1.54, 1.807) is 12.1 Å². The summed E-state index contributed by atoms with van der Waals surface area (Å²) in [6, 6.07) is 12.9. The number of rotatable bonds is 5. The third-order valence-corrected chi connectivity index (χ3v) is 4.20. The van der Waals surface area contributed by atoms with E-state index in [4.69, 9.17) is 9.88 Å². The fourth-order valence-electron chi connectivity index (χ4n) is 2.18. The van der Waals surface area contributed by atoms with Crippen molar-refractivity contribution in [3.8, 4) is 5.88 Å². The molecule has 1 heterocycles. The number of anilines is 1. The highest BCUT2D eigenvalue weighted by Gasteiger charge is 2.11. The minimum Gasteiger partial charge on any atom is -0.467 e. The number of ether oxygens (including phenoxy) is 1. The van der Waals surface area contributed by atoms with Gasteiger partial charge in [0, 0.05) is 5.69 Å². The van der Waals surface area contributed by atoms with E-state index in [0.29, 0.717) is 22.5 Å². The number of nitrogens with two attached hydrogens (primary N) is 1. The maximum atomic E-state index is 12.0. The molecule has 3 rings (SSSR count). The van der Waals surface area contributed by atoms with Crippen molar-refractivity contribution < 1.29 is 17.9 Å². The van der Waals surface area contributed by atoms with E-state index in [1.807, 2.05) is 18.2 Å². The van der Waals surface area contributed by atoms with Crippen molar-refractivity contribution in [3.63, 3.8) is 0 Å². The van der Waals surface area contributed by atoms with Gasteiger partial charge in [-0.15, -0.1) is 0 Å². The van der Waals surface area contributed by atoms with Gasteiger partial charge in [0.1, 0.15) is 6.33 Å². The van der Waals surface area contributed by atoms with Crippen LogP contribution in [0.5, 0.6) is 5.88 Å². The summed E-state index contributed by atoms with van der Waals surface area (Å²) in [6.07, 6.45) is 1.35. The molecule has 8 nitrogen and oxygen atoms in total. The number of benzene rings is 2. The van der Waals surface area contributed by atoms with Crippen LogP contribution < -0.4 is 15.2 Å². The fourth-order valence-corrected chi connectivity index (χ4v) is 2.74. The van der Waals surface area contributed by atoms with Gasteiger partial charge in [0.2, 0.25) is 15.9 Å². The van der Waals surface area contributed by atoms with E-state index in [1.165, 1.54) is 24.5 Å². The van der Waals surface area contributed by atoms with Crippen LogP contribution >= 0.6 is 0 Å². The Morgan fingerprint density at radius 2 is 1.92 bits per heavy atom. The SMILES string of the molecule is NS(=O)(=O)c1cccc(NC(=O)COc2ncnc3ccccc23)c1. The van der Waals surface area contributed by atoms with Crippen molar-refractivity contribution in [1.29, 1.82) is 0 Å². The zero-order valence-corrected chi connectivity index (χ0v) is 13.7. The molecule has 0 fully saturated rings. The van der Waals surface area contributed by atoms with E-state index in [0.717, 1.165) is 0 Å². The highest BCUT2D eigenvalue weighted by atomic mass is 32.2. The fraction of sp³-hybridized carbons (Fsp3) is 0.0625. The summed E-state index contributed by atoms with van der Waals surface area (Å²) < 4.78 is 28.1. The first-order valence-electron chi connectivity index (χ1n) is 7.19. The number of amides is 1. The molecule has 0 aliphatic heterocycles. The third-order valence-electron chi connectivity index (χ3n) is 3.29. The Kier molecular flexibility index (Phi) is 4.59. The van der Waals surface area contributed by atoms with Crippen molar-refractivity contribution in [2.45, 2.75) is 4.90 Å². The summed E-state index contributed by atoms with van der Waals surface area (Å²) in [5, 5.41) is 8.30. The monoisotopic (exact) mass is 358 g/mol. The lowest BCUT2D eigenvalue weighted by Crippen LogP contribution is -2.21. The van der Waals surface area contributed by atoms with Crippen LogP contribution in [0.2, 0.25) is 0 Å². The molecule has 1 aromatic heterocycles. The molecule has 0 atom stereocenters. The zero-order valence-electron chi connectivity index (χ0n) is 12.9. The molecule has 3 aromatic rings. The Balaban J connectivity index is 1.69. The van der Waals surface area contributed by atoms with Crippen molar-refractivity contribution in [3.05, 3.63) is 54.9 Å². The van der Waals surface area contributed by atoms with E-state index in [-0.39, 0.29) is 11.5 Å². The molecule has 0 unspecified atom stereocenters. The predicted octanol–water partition coefficient (Wildman–Crippen LogP) is 1.29. The molecule has 0 spiro atoms. The number of primary sulfonamides is 1. The van der Waals surface area contributed by atoms with Crippen LogP contribution in [0.3, 0.4) is 0 Å². The lowest BCUT2D eigenvalue weighted by molar-refractivity contribution is -0.118. The quantitative estimate of drug-likeness (QED) is 0.708. The number of aromatic nitrogens is 2. The molecule has 2 aromatic carbocycles. The predicted molar refractivity (Wildman–Crippen MR) is 91.5 cm³/mol. The van der Waals surface area contributed by atoms with Crippen molar-refractivity contribution >= 4 is 32.5 Å². The van der Waals surface area contributed by atoms with E-state index in [9.17, 15) is 13.2 Å². The molecule has 1 amide bonds. The molecule has 128 valence electrons. The molecule has 25 heavy (non-hydrogen) atoms. The number of hydrogen-bond acceptors (Lipinski definition) is 6. The number of hydrogen-bond donors (Lipinski definition) is 2. The maximum absolute atomic E-state index is 12.0. The summed E-state index contributed by atoms with van der Waals surface area (Å²) in [5.41, 5.74) is 1.00. The molecular formula is C16H14N4O4S. The molecule has 0 radical (unpaired) electrons. The van der Waals surface area contributed by atoms with E-state index in [2.05, 4.69) is 15.3 Å². The van der Waals surface area contributed by atoms with Gasteiger partial charge in [-0.2, -0.15) is 0 Å². The standard InChI is InChI=1S/C16H14N4O4S/c17-25(22,23)12-5-3-4-11(8-12)20-15(21)9-24-16-13-6-1-2-7-14(13)18-10-19-16/h1-8,10H,9H2,(H,20,21)(H2,17,22,23). The second-order valence-electron chi connectivity index (χ2n) is 5.11. The van der Waals surface area contributed by atoms with Crippen LogP contribution in [0.15, 0.2) is 59.8 Å². The van der Waals surface area contributed by atoms with Crippen LogP contribution in [-0.4, -0.2) is 30.9 Å². The largest absolute Gasteiger partial charge is 0.467 e. The zero-order chi connectivity index (χ0) is 17.9. The van der Waals surface area contributed by atoms with Gasteiger partial charge in [-0.25, -0.2) is 23.5 Å². The van der Waals surface area contributed by atoms with E-state index < -0.39 is 15.9 Å². The van der Waals surface area contributed by atoms with Gasteiger partial charge in [0.25, 0.3) is 5.91 Å². The summed E-state index contributed by atoms with van der Waals surface area (Å²) in [6.45, 7) is -0.291. The molecule has 0 bridgehead atoms. The minimum absolute atomic E-state index is 0.0898. The number of nitrogens with one attached hydrogen (secondary N) is 1. The smallest absolute Gasteiger partial charge is 0.262 e. The first-order valence-corrected chi connectivity index (χ1v) is 8.73. The number of nitrogens with zero attached hydrogens (tertiary/aromatic N) is 2. The summed E-state index contributed by atoms with van der Waals surface area (Å²) in [4.78, 5) is 20.1. The number of carbonyl (C=O) groups is 1. The summed E-state index contributed by atoms with van der Waals surface area (Å²) in [5.74, 6) is -0.173. The first kappa shape index (κ1) is 16.8. The van der Waals surface area contributed by atoms with Crippen LogP contribution in [-0.2, 0) is 14.8 Å². The average molecular weight is 358 g/mol. The molecule has 3 N–H and O–H groups in total. The number of para-hydroxylation sites is 1. The Morgan fingerprint density at radius 1 is 1.12 bits per heavy atom. The topological polar surface area (TPSA) is 124 Å². The van der Waals surface area contributed by atoms with Crippen molar-refractivity contribution in [1.82, 2.24) is 9.97 Å². The second-order valence-corrected chi connectivity index (χ2v) is 6.67. The molecular weight excluding hydrogens is 344 g/mol. The van der Waals surface area contributed by atoms with E-state index >= 15 is 0 Å². The average Bonchev–Trinajstić information content (AvgIpc) is 2.59. The number of sulfonamides is 1. The van der Waals surface area contributed by atoms with Crippen LogP contribution in [0.4, 0.5) is 5.69 Å². The van der Waals surface area contributed by atoms with Gasteiger partial charge >= 0.3 is 0 Å². The van der Waals surface area contributed by atoms with Gasteiger partial charge in [-0.3, -0.25) is 4.79 Å². The molecule has 0 aliphatic carbocycles. The molecule has 0 aliphatic rings. The van der Waals surface area contributed by atoms with Gasteiger partial charge in [0.15, 0.2) is 6.61 Å². The van der Waals surface area contributed by atoms with Crippen molar-refractivity contribution in [2.75, 3.05) is 11.9 Å². The van der Waals surface area contributed by atoms with Gasteiger partial charge in [0.05, 0.1) is 15.8 Å². The third kappa shape index (κ3) is 4.08. The molecule has 0 saturated carbocycles. The van der Waals surface area contributed by atoms with Crippen LogP contribution in [0.1, 0.15) is 0 Å². The molecule has 0 saturated heterocycles. The first-order chi connectivity index (χ1) is 11.9. The van der Waals surface area contributed by atoms with Gasteiger partial charge in [-0.05, 0) is 30.3 Å². The van der Waals surface area contributed by atoms with Crippen molar-refractivity contribution in [2.24, 2.45) is 5.14 Å². The lowest BCUT2D eigenvalue weighted by atomic mass is 10.2. The van der Waals surface area contributed by atoms with Gasteiger partial charge < -0.3 is 10.1 Å². The minimum atomic E-state index is -3.84. The van der Waals surface area contributed by atoms with Crippen LogP contribution in [0, 0.1) is 0 Å². The lowest BCUT2D eigenvalue weighted by Gasteiger charge is -2.09. The Hall–Kier alpha value is -3.04. The van der Waals surface area contributed by atoms with Crippen LogP contribution in [0.25, 0.3) is 10.9 Å². The Labute approximate surface area is 143 Å². The normalized spacial score (nSPS) is 11.2. The second kappa shape index (κ2) is 6.83. The highest BCUT2D eigenvalue weighted by molar-refractivity contribution is 7.89. The number of fused-ring (bicyclic) bond motifs is 1. The maximum Gasteiger partial charge on any atom is 0.262 e. The Morgan fingerprint density at radius 3 is 2.72 bits per heavy atom.